The highest BCUT2D eigenvalue weighted by molar-refractivity contribution is 6.06. The molecule has 0 atom stereocenters. The van der Waals surface area contributed by atoms with Crippen LogP contribution in [0.5, 0.6) is 5.75 Å². The van der Waals surface area contributed by atoms with Crippen molar-refractivity contribution in [3.63, 3.8) is 0 Å². The van der Waals surface area contributed by atoms with Crippen molar-refractivity contribution in [2.75, 3.05) is 32.6 Å². The van der Waals surface area contributed by atoms with E-state index in [0.29, 0.717) is 23.8 Å². The van der Waals surface area contributed by atoms with Crippen LogP contribution in [0.15, 0.2) is 57.9 Å². The third-order valence-electron chi connectivity index (χ3n) is 3.45. The van der Waals surface area contributed by atoms with E-state index in [0.717, 1.165) is 12.3 Å². The van der Waals surface area contributed by atoms with Gasteiger partial charge in [0, 0.05) is 12.2 Å². The zero-order valence-electron chi connectivity index (χ0n) is 14.1. The molecule has 2 heterocycles. The highest BCUT2D eigenvalue weighted by Crippen LogP contribution is 2.24. The topological polar surface area (TPSA) is 80.7 Å². The van der Waals surface area contributed by atoms with Crippen molar-refractivity contribution < 1.29 is 18.4 Å². The van der Waals surface area contributed by atoms with Crippen LogP contribution in [-0.4, -0.2) is 43.0 Å². The molecule has 1 aromatic carbocycles. The van der Waals surface area contributed by atoms with Gasteiger partial charge in [-0.25, -0.2) is 4.98 Å². The number of aromatic nitrogens is 1. The zero-order chi connectivity index (χ0) is 17.6. The van der Waals surface area contributed by atoms with Crippen LogP contribution < -0.4 is 10.1 Å². The van der Waals surface area contributed by atoms with E-state index in [1.165, 1.54) is 12.7 Å². The number of ether oxygens (including phenoxy) is 1. The standard InChI is InChI=1S/C18H19N3O4/c1-21(2)9-11-23-14-7-5-13(6-8-14)20-18(22)16-17(25-12-19-16)15-4-3-10-24-15/h3-8,10,12H,9,11H2,1-2H3,(H,20,22). The molecule has 2 aromatic heterocycles. The van der Waals surface area contributed by atoms with Gasteiger partial charge in [0.05, 0.1) is 6.26 Å². The molecule has 0 aliphatic rings. The van der Waals surface area contributed by atoms with Crippen molar-refractivity contribution in [2.45, 2.75) is 0 Å². The molecule has 0 aliphatic carbocycles. The molecule has 0 saturated heterocycles. The van der Waals surface area contributed by atoms with Gasteiger partial charge in [-0.3, -0.25) is 4.79 Å². The van der Waals surface area contributed by atoms with Crippen LogP contribution in [0.3, 0.4) is 0 Å². The lowest BCUT2D eigenvalue weighted by Gasteiger charge is -2.11. The Morgan fingerprint density at radius 3 is 2.68 bits per heavy atom. The fourth-order valence-electron chi connectivity index (χ4n) is 2.16. The lowest BCUT2D eigenvalue weighted by molar-refractivity contribution is 0.102. The van der Waals surface area contributed by atoms with E-state index in [-0.39, 0.29) is 11.6 Å². The van der Waals surface area contributed by atoms with E-state index >= 15 is 0 Å². The summed E-state index contributed by atoms with van der Waals surface area (Å²) in [7, 11) is 3.98. The Hall–Kier alpha value is -3.06. The number of hydrogen-bond donors (Lipinski definition) is 1. The van der Waals surface area contributed by atoms with Crippen LogP contribution in [0.25, 0.3) is 11.5 Å². The summed E-state index contributed by atoms with van der Waals surface area (Å²) in [6.07, 6.45) is 2.73. The average Bonchev–Trinajstić information content (AvgIpc) is 3.27. The van der Waals surface area contributed by atoms with Gasteiger partial charge < -0.3 is 23.8 Å². The van der Waals surface area contributed by atoms with E-state index in [1.807, 2.05) is 31.1 Å². The summed E-state index contributed by atoms with van der Waals surface area (Å²) in [5, 5.41) is 2.78. The van der Waals surface area contributed by atoms with Crippen LogP contribution in [0, 0.1) is 0 Å². The molecule has 3 aromatic rings. The first-order chi connectivity index (χ1) is 12.1. The number of furan rings is 1. The lowest BCUT2D eigenvalue weighted by atomic mass is 10.2. The number of anilines is 1. The summed E-state index contributed by atoms with van der Waals surface area (Å²) in [6, 6.07) is 10.6. The molecular formula is C18H19N3O4. The summed E-state index contributed by atoms with van der Waals surface area (Å²) in [6.45, 7) is 1.43. The number of hydrogen-bond acceptors (Lipinski definition) is 6. The zero-order valence-corrected chi connectivity index (χ0v) is 14.1. The van der Waals surface area contributed by atoms with Crippen LogP contribution in [0.2, 0.25) is 0 Å². The van der Waals surface area contributed by atoms with Gasteiger partial charge in [-0.2, -0.15) is 0 Å². The van der Waals surface area contributed by atoms with Gasteiger partial charge in [-0.05, 0) is 50.5 Å². The summed E-state index contributed by atoms with van der Waals surface area (Å²) in [5.74, 6) is 1.12. The second-order valence-electron chi connectivity index (χ2n) is 5.64. The van der Waals surface area contributed by atoms with E-state index in [4.69, 9.17) is 13.6 Å². The maximum Gasteiger partial charge on any atom is 0.278 e. The maximum atomic E-state index is 12.4. The SMILES string of the molecule is CN(C)CCOc1ccc(NC(=O)c2ncoc2-c2ccco2)cc1. The molecule has 0 saturated carbocycles. The van der Waals surface area contributed by atoms with Crippen molar-refractivity contribution in [1.82, 2.24) is 9.88 Å². The Labute approximate surface area is 145 Å². The normalized spacial score (nSPS) is 10.8. The Morgan fingerprint density at radius 1 is 1.20 bits per heavy atom. The first-order valence-corrected chi connectivity index (χ1v) is 7.80. The largest absolute Gasteiger partial charge is 0.492 e. The third kappa shape index (κ3) is 4.27. The first kappa shape index (κ1) is 16.8. The number of likely N-dealkylation sites (N-methyl/N-ethyl adjacent to an activating group) is 1. The van der Waals surface area contributed by atoms with Gasteiger partial charge in [-0.15, -0.1) is 0 Å². The number of nitrogens with zero attached hydrogens (tertiary/aromatic N) is 2. The van der Waals surface area contributed by atoms with Crippen LogP contribution >= 0.6 is 0 Å². The molecule has 130 valence electrons. The fourth-order valence-corrected chi connectivity index (χ4v) is 2.16. The minimum absolute atomic E-state index is 0.168. The van der Waals surface area contributed by atoms with Crippen molar-refractivity contribution >= 4 is 11.6 Å². The molecule has 7 nitrogen and oxygen atoms in total. The number of rotatable bonds is 7. The van der Waals surface area contributed by atoms with Gasteiger partial charge >= 0.3 is 0 Å². The predicted molar refractivity (Wildman–Crippen MR) is 92.6 cm³/mol. The Bertz CT molecular complexity index is 807. The minimum atomic E-state index is -0.374. The van der Waals surface area contributed by atoms with Gasteiger partial charge in [0.25, 0.3) is 5.91 Å². The predicted octanol–water partition coefficient (Wildman–Crippen LogP) is 3.13. The fraction of sp³-hybridized carbons (Fsp3) is 0.222. The summed E-state index contributed by atoms with van der Waals surface area (Å²) in [4.78, 5) is 18.4. The summed E-state index contributed by atoms with van der Waals surface area (Å²) < 4.78 is 16.1. The second kappa shape index (κ2) is 7.67. The van der Waals surface area contributed by atoms with Crippen molar-refractivity contribution in [2.24, 2.45) is 0 Å². The molecular weight excluding hydrogens is 322 g/mol. The third-order valence-corrected chi connectivity index (χ3v) is 3.45. The van der Waals surface area contributed by atoms with Gasteiger partial charge in [-0.1, -0.05) is 0 Å². The maximum absolute atomic E-state index is 12.4. The quantitative estimate of drug-likeness (QED) is 0.711. The molecule has 25 heavy (non-hydrogen) atoms. The molecule has 0 unspecified atom stereocenters. The van der Waals surface area contributed by atoms with Crippen LogP contribution in [-0.2, 0) is 0 Å². The number of benzene rings is 1. The number of amides is 1. The first-order valence-electron chi connectivity index (χ1n) is 7.80. The Morgan fingerprint density at radius 2 is 2.00 bits per heavy atom. The number of oxazole rings is 1. The number of nitrogens with one attached hydrogen (secondary N) is 1. The van der Waals surface area contributed by atoms with Gasteiger partial charge in [0.2, 0.25) is 5.76 Å². The highest BCUT2D eigenvalue weighted by atomic mass is 16.5. The van der Waals surface area contributed by atoms with Crippen molar-refractivity contribution in [3.8, 4) is 17.3 Å². The van der Waals surface area contributed by atoms with Gasteiger partial charge in [0.1, 0.15) is 12.4 Å². The van der Waals surface area contributed by atoms with E-state index in [9.17, 15) is 4.79 Å². The monoisotopic (exact) mass is 341 g/mol. The Balaban J connectivity index is 1.63. The van der Waals surface area contributed by atoms with E-state index in [2.05, 4.69) is 10.3 Å². The molecule has 1 N–H and O–H groups in total. The average molecular weight is 341 g/mol. The molecule has 0 spiro atoms. The molecule has 0 fully saturated rings. The van der Waals surface area contributed by atoms with Crippen molar-refractivity contribution in [3.05, 3.63) is 54.7 Å². The minimum Gasteiger partial charge on any atom is -0.492 e. The summed E-state index contributed by atoms with van der Waals surface area (Å²) in [5.41, 5.74) is 0.805. The van der Waals surface area contributed by atoms with E-state index < -0.39 is 0 Å². The number of carbonyl (C=O) groups is 1. The molecule has 0 bridgehead atoms. The van der Waals surface area contributed by atoms with Gasteiger partial charge in [0.15, 0.2) is 17.8 Å². The molecule has 7 heteroatoms. The molecule has 1 amide bonds. The smallest absolute Gasteiger partial charge is 0.278 e. The highest BCUT2D eigenvalue weighted by Gasteiger charge is 2.20. The Kier molecular flexibility index (Phi) is 5.15. The number of carbonyl (C=O) groups excluding carboxylic acids is 1. The second-order valence-corrected chi connectivity index (χ2v) is 5.64. The molecule has 0 radical (unpaired) electrons. The van der Waals surface area contributed by atoms with Crippen LogP contribution in [0.1, 0.15) is 10.5 Å². The van der Waals surface area contributed by atoms with Crippen molar-refractivity contribution in [1.29, 1.82) is 0 Å². The van der Waals surface area contributed by atoms with Crippen LogP contribution in [0.4, 0.5) is 5.69 Å². The van der Waals surface area contributed by atoms with E-state index in [1.54, 1.807) is 24.3 Å². The molecule has 3 rings (SSSR count). The lowest BCUT2D eigenvalue weighted by Crippen LogP contribution is -2.19. The summed E-state index contributed by atoms with van der Waals surface area (Å²) >= 11 is 0. The molecule has 0 aliphatic heterocycles.